The number of fused-ring (bicyclic) bond motifs is 6. The van der Waals surface area contributed by atoms with Crippen molar-refractivity contribution in [2.75, 3.05) is 0 Å². The molecule has 0 saturated heterocycles. The second-order valence-electron chi connectivity index (χ2n) is 11.3. The van der Waals surface area contributed by atoms with Gasteiger partial charge in [0.15, 0.2) is 5.82 Å². The second kappa shape index (κ2) is 11.5. The molecule has 0 spiro atoms. The van der Waals surface area contributed by atoms with Crippen molar-refractivity contribution < 1.29 is 0 Å². The van der Waals surface area contributed by atoms with Gasteiger partial charge in [0, 0.05) is 35.9 Å². The molecule has 3 heteroatoms. The molecule has 7 aromatic carbocycles. The minimum atomic E-state index is 0.720. The lowest BCUT2D eigenvalue weighted by atomic mass is 9.85. The zero-order valence-corrected chi connectivity index (χ0v) is 25.8. The van der Waals surface area contributed by atoms with Crippen molar-refractivity contribution in [2.24, 2.45) is 0 Å². The van der Waals surface area contributed by atoms with Gasteiger partial charge in [-0.1, -0.05) is 117 Å². The summed E-state index contributed by atoms with van der Waals surface area (Å²) in [5.74, 6) is 0.720. The Balaban J connectivity index is 0.00000153. The Morgan fingerprint density at radius 1 is 0.391 bits per heavy atom. The highest BCUT2D eigenvalue weighted by atomic mass is 14.9. The van der Waals surface area contributed by atoms with Gasteiger partial charge in [-0.3, -0.25) is 4.98 Å². The van der Waals surface area contributed by atoms with Crippen LogP contribution in [0.3, 0.4) is 0 Å². The van der Waals surface area contributed by atoms with Gasteiger partial charge in [-0.2, -0.15) is 0 Å². The molecule has 0 aliphatic rings. The summed E-state index contributed by atoms with van der Waals surface area (Å²) in [6.45, 7) is 4.00. The summed E-state index contributed by atoms with van der Waals surface area (Å²) < 4.78 is 0. The zero-order chi connectivity index (χ0) is 31.0. The quantitative estimate of drug-likeness (QED) is 0.152. The Morgan fingerprint density at radius 2 is 0.957 bits per heavy atom. The van der Waals surface area contributed by atoms with Crippen LogP contribution in [0.4, 0.5) is 0 Å². The average Bonchev–Trinajstić information content (AvgIpc) is 3.14. The van der Waals surface area contributed by atoms with Gasteiger partial charge >= 0.3 is 0 Å². The van der Waals surface area contributed by atoms with E-state index in [1.807, 2.05) is 38.4 Å². The number of benzene rings is 7. The Morgan fingerprint density at radius 3 is 1.61 bits per heavy atom. The molecule has 2 heterocycles. The number of pyridine rings is 1. The largest absolute Gasteiger partial charge is 0.265 e. The smallest absolute Gasteiger partial charge is 0.160 e. The highest BCUT2D eigenvalue weighted by Gasteiger charge is 2.19. The molecule has 2 aromatic heterocycles. The Labute approximate surface area is 267 Å². The molecule has 0 fully saturated rings. The van der Waals surface area contributed by atoms with Crippen molar-refractivity contribution >= 4 is 53.9 Å². The molecular weight excluding hydrogens is 558 g/mol. The first-order valence-electron chi connectivity index (χ1n) is 15.8. The number of nitrogens with zero attached hydrogens (tertiary/aromatic N) is 3. The van der Waals surface area contributed by atoms with Gasteiger partial charge in [0.05, 0.1) is 0 Å². The fraction of sp³-hybridized carbons (Fsp3) is 0.0465. The third kappa shape index (κ3) is 4.48. The van der Waals surface area contributed by atoms with Crippen molar-refractivity contribution in [2.45, 2.75) is 13.8 Å². The normalized spacial score (nSPS) is 11.3. The minimum absolute atomic E-state index is 0.720. The summed E-state index contributed by atoms with van der Waals surface area (Å²) in [7, 11) is 0. The molecule has 0 N–H and O–H groups in total. The van der Waals surface area contributed by atoms with E-state index in [2.05, 4.69) is 120 Å². The maximum absolute atomic E-state index is 4.91. The van der Waals surface area contributed by atoms with Gasteiger partial charge in [0.1, 0.15) is 0 Å². The molecular formula is C43H31N3. The SMILES string of the molecule is CC.c1ccc2cc3c(ccc4c(-c5c6ccccc6c(-c6ncc(-c7ccncc7)cn6)c6ccccc56)cccc43)cc2c1. The molecule has 9 aromatic rings. The molecule has 0 aliphatic heterocycles. The number of hydrogen-bond acceptors (Lipinski definition) is 3. The molecule has 0 radical (unpaired) electrons. The predicted octanol–water partition coefficient (Wildman–Crippen LogP) is 11.7. The van der Waals surface area contributed by atoms with Crippen LogP contribution < -0.4 is 0 Å². The van der Waals surface area contributed by atoms with Crippen LogP contribution in [-0.4, -0.2) is 15.0 Å². The van der Waals surface area contributed by atoms with Crippen molar-refractivity contribution in [1.82, 2.24) is 15.0 Å². The van der Waals surface area contributed by atoms with Crippen LogP contribution in [0, 0.1) is 0 Å². The van der Waals surface area contributed by atoms with Gasteiger partial charge in [-0.25, -0.2) is 9.97 Å². The van der Waals surface area contributed by atoms with Crippen molar-refractivity contribution in [3.8, 4) is 33.6 Å². The van der Waals surface area contributed by atoms with Crippen molar-refractivity contribution in [3.05, 3.63) is 152 Å². The second-order valence-corrected chi connectivity index (χ2v) is 11.3. The Bertz CT molecular complexity index is 2480. The molecule has 0 atom stereocenters. The van der Waals surface area contributed by atoms with Gasteiger partial charge in [0.25, 0.3) is 0 Å². The van der Waals surface area contributed by atoms with Crippen LogP contribution in [0.1, 0.15) is 13.8 Å². The molecule has 0 saturated carbocycles. The van der Waals surface area contributed by atoms with E-state index in [-0.39, 0.29) is 0 Å². The van der Waals surface area contributed by atoms with Gasteiger partial charge in [-0.15, -0.1) is 0 Å². The fourth-order valence-corrected chi connectivity index (χ4v) is 6.81. The van der Waals surface area contributed by atoms with Crippen molar-refractivity contribution in [3.63, 3.8) is 0 Å². The van der Waals surface area contributed by atoms with Crippen LogP contribution in [-0.2, 0) is 0 Å². The molecule has 3 nitrogen and oxygen atoms in total. The number of hydrogen-bond donors (Lipinski definition) is 0. The lowest BCUT2D eigenvalue weighted by Crippen LogP contribution is -1.95. The number of rotatable bonds is 3. The highest BCUT2D eigenvalue weighted by Crippen LogP contribution is 2.45. The summed E-state index contributed by atoms with van der Waals surface area (Å²) in [5.41, 5.74) is 5.54. The maximum atomic E-state index is 4.91. The van der Waals surface area contributed by atoms with Crippen LogP contribution in [0.2, 0.25) is 0 Å². The average molecular weight is 590 g/mol. The van der Waals surface area contributed by atoms with E-state index in [0.717, 1.165) is 33.3 Å². The van der Waals surface area contributed by atoms with Crippen LogP contribution >= 0.6 is 0 Å². The zero-order valence-electron chi connectivity index (χ0n) is 25.8. The van der Waals surface area contributed by atoms with E-state index in [0.29, 0.717) is 0 Å². The van der Waals surface area contributed by atoms with Crippen LogP contribution in [0.5, 0.6) is 0 Å². The van der Waals surface area contributed by atoms with E-state index in [1.54, 1.807) is 12.4 Å². The minimum Gasteiger partial charge on any atom is -0.265 e. The van der Waals surface area contributed by atoms with Crippen LogP contribution in [0.15, 0.2) is 152 Å². The molecule has 0 aliphatic carbocycles. The monoisotopic (exact) mass is 589 g/mol. The predicted molar refractivity (Wildman–Crippen MR) is 195 cm³/mol. The molecule has 0 amide bonds. The maximum Gasteiger partial charge on any atom is 0.160 e. The fourth-order valence-electron chi connectivity index (χ4n) is 6.81. The summed E-state index contributed by atoms with van der Waals surface area (Å²) in [6.07, 6.45) is 7.41. The lowest BCUT2D eigenvalue weighted by molar-refractivity contribution is 1.18. The van der Waals surface area contributed by atoms with Gasteiger partial charge < -0.3 is 0 Å². The van der Waals surface area contributed by atoms with E-state index in [1.165, 1.54) is 54.2 Å². The highest BCUT2D eigenvalue weighted by molar-refractivity contribution is 6.24. The molecule has 0 unspecified atom stereocenters. The summed E-state index contributed by atoms with van der Waals surface area (Å²) in [5, 5.41) is 12.2. The van der Waals surface area contributed by atoms with E-state index in [4.69, 9.17) is 9.97 Å². The topological polar surface area (TPSA) is 38.7 Å². The van der Waals surface area contributed by atoms with Gasteiger partial charge in [0.2, 0.25) is 0 Å². The molecule has 46 heavy (non-hydrogen) atoms. The first-order valence-corrected chi connectivity index (χ1v) is 15.8. The van der Waals surface area contributed by atoms with E-state index < -0.39 is 0 Å². The summed E-state index contributed by atoms with van der Waals surface area (Å²) in [6, 6.07) is 45.8. The summed E-state index contributed by atoms with van der Waals surface area (Å²) in [4.78, 5) is 14.0. The lowest BCUT2D eigenvalue weighted by Gasteiger charge is -2.18. The Kier molecular flexibility index (Phi) is 6.92. The molecule has 9 rings (SSSR count). The molecule has 218 valence electrons. The van der Waals surface area contributed by atoms with E-state index >= 15 is 0 Å². The van der Waals surface area contributed by atoms with E-state index in [9.17, 15) is 0 Å². The standard InChI is InChI=1S/C41H25N3.C2H6/c1-2-9-28-23-38-29(22-27(28)8-1)16-17-32-31(38)14-7-15-33(32)39-34-10-3-5-12-36(34)40(37-13-6-4-11-35(37)39)41-43-24-30(25-44-41)26-18-20-42-21-19-26;1-2/h1-25H;1-2H3. The third-order valence-electron chi connectivity index (χ3n) is 8.83. The summed E-state index contributed by atoms with van der Waals surface area (Å²) >= 11 is 0. The molecule has 0 bridgehead atoms. The first-order chi connectivity index (χ1) is 22.8. The number of aromatic nitrogens is 3. The first kappa shape index (κ1) is 27.6. The van der Waals surface area contributed by atoms with Crippen molar-refractivity contribution in [1.29, 1.82) is 0 Å². The van der Waals surface area contributed by atoms with Crippen LogP contribution in [0.25, 0.3) is 87.5 Å². The third-order valence-corrected chi connectivity index (χ3v) is 8.83. The van der Waals surface area contributed by atoms with Gasteiger partial charge in [-0.05, 0) is 94.8 Å². The Hall–Kier alpha value is -5.93.